The van der Waals surface area contributed by atoms with Crippen molar-refractivity contribution in [1.29, 1.82) is 0 Å². The number of para-hydroxylation sites is 2. The molecule has 0 bridgehead atoms. The standard InChI is InChI=1S/C17H21N7OS/c1-3-23-14-7-5-4-6-13(14)19-15(23)10-18-16(25)11(2)26-17-20-21-22-24(17)12-8-9-12/h4-7,11-12H,3,8-10H2,1-2H3,(H,18,25). The summed E-state index contributed by atoms with van der Waals surface area (Å²) in [5.74, 6) is 0.817. The van der Waals surface area contributed by atoms with Gasteiger partial charge in [-0.15, -0.1) is 5.10 Å². The van der Waals surface area contributed by atoms with Crippen LogP contribution in [0.1, 0.15) is 38.6 Å². The summed E-state index contributed by atoms with van der Waals surface area (Å²) in [5, 5.41) is 15.2. The van der Waals surface area contributed by atoms with Gasteiger partial charge in [0.15, 0.2) is 0 Å². The van der Waals surface area contributed by atoms with E-state index in [0.717, 1.165) is 36.2 Å². The molecule has 1 amide bonds. The monoisotopic (exact) mass is 371 g/mol. The van der Waals surface area contributed by atoms with Gasteiger partial charge in [-0.05, 0) is 49.2 Å². The minimum atomic E-state index is -0.280. The number of benzene rings is 1. The number of rotatable bonds is 7. The van der Waals surface area contributed by atoms with Crippen LogP contribution in [0.3, 0.4) is 0 Å². The summed E-state index contributed by atoms with van der Waals surface area (Å²) >= 11 is 1.39. The molecule has 2 aromatic heterocycles. The van der Waals surface area contributed by atoms with Crippen molar-refractivity contribution in [1.82, 2.24) is 35.1 Å². The molecule has 9 heteroatoms. The van der Waals surface area contributed by atoms with Gasteiger partial charge in [0.1, 0.15) is 5.82 Å². The summed E-state index contributed by atoms with van der Waals surface area (Å²) in [6, 6.07) is 8.41. The number of nitrogens with zero attached hydrogens (tertiary/aromatic N) is 6. The van der Waals surface area contributed by atoms with Crippen molar-refractivity contribution in [3.63, 3.8) is 0 Å². The Morgan fingerprint density at radius 2 is 2.19 bits per heavy atom. The van der Waals surface area contributed by atoms with Gasteiger partial charge in [0.05, 0.1) is 28.9 Å². The van der Waals surface area contributed by atoms with Crippen molar-refractivity contribution in [3.05, 3.63) is 30.1 Å². The van der Waals surface area contributed by atoms with Crippen LogP contribution in [0, 0.1) is 0 Å². The Bertz CT molecular complexity index is 930. The molecule has 1 aliphatic carbocycles. The van der Waals surface area contributed by atoms with E-state index in [1.165, 1.54) is 11.8 Å². The Kier molecular flexibility index (Phi) is 4.62. The fourth-order valence-corrected chi connectivity index (χ4v) is 3.83. The van der Waals surface area contributed by atoms with Crippen LogP contribution in [0.4, 0.5) is 0 Å². The maximum atomic E-state index is 12.5. The highest BCUT2D eigenvalue weighted by Crippen LogP contribution is 2.37. The predicted molar refractivity (Wildman–Crippen MR) is 98.7 cm³/mol. The topological polar surface area (TPSA) is 90.5 Å². The molecule has 1 N–H and O–H groups in total. The fraction of sp³-hybridized carbons (Fsp3) is 0.471. The van der Waals surface area contributed by atoms with Crippen LogP contribution in [0.2, 0.25) is 0 Å². The number of nitrogens with one attached hydrogen (secondary N) is 1. The summed E-state index contributed by atoms with van der Waals surface area (Å²) < 4.78 is 3.95. The van der Waals surface area contributed by atoms with Crippen LogP contribution in [0.5, 0.6) is 0 Å². The molecule has 0 radical (unpaired) electrons. The second-order valence-electron chi connectivity index (χ2n) is 6.38. The van der Waals surface area contributed by atoms with Crippen molar-refractivity contribution >= 4 is 28.7 Å². The minimum Gasteiger partial charge on any atom is -0.348 e. The molecule has 2 heterocycles. The lowest BCUT2D eigenvalue weighted by Crippen LogP contribution is -2.31. The van der Waals surface area contributed by atoms with E-state index in [9.17, 15) is 4.79 Å². The van der Waals surface area contributed by atoms with Crippen molar-refractivity contribution in [3.8, 4) is 0 Å². The van der Waals surface area contributed by atoms with Crippen LogP contribution < -0.4 is 5.32 Å². The third kappa shape index (κ3) is 3.31. The van der Waals surface area contributed by atoms with E-state index >= 15 is 0 Å². The molecule has 4 rings (SSSR count). The highest BCUT2D eigenvalue weighted by Gasteiger charge is 2.29. The third-order valence-corrected chi connectivity index (χ3v) is 5.52. The van der Waals surface area contributed by atoms with E-state index in [2.05, 4.69) is 37.3 Å². The summed E-state index contributed by atoms with van der Waals surface area (Å²) in [5.41, 5.74) is 2.04. The van der Waals surface area contributed by atoms with Gasteiger partial charge in [-0.1, -0.05) is 23.9 Å². The van der Waals surface area contributed by atoms with Crippen LogP contribution in [-0.4, -0.2) is 40.9 Å². The number of thioether (sulfide) groups is 1. The molecule has 136 valence electrons. The normalized spacial score (nSPS) is 15.3. The number of aryl methyl sites for hydroxylation is 1. The second-order valence-corrected chi connectivity index (χ2v) is 7.68. The van der Waals surface area contributed by atoms with E-state index < -0.39 is 0 Å². The lowest BCUT2D eigenvalue weighted by atomic mass is 10.3. The largest absolute Gasteiger partial charge is 0.348 e. The number of fused-ring (bicyclic) bond motifs is 1. The smallest absolute Gasteiger partial charge is 0.233 e. The minimum absolute atomic E-state index is 0.0462. The van der Waals surface area contributed by atoms with E-state index in [1.807, 2.05) is 35.9 Å². The van der Waals surface area contributed by atoms with Crippen LogP contribution in [0.15, 0.2) is 29.4 Å². The molecule has 8 nitrogen and oxygen atoms in total. The summed E-state index contributed by atoms with van der Waals surface area (Å²) in [4.78, 5) is 17.1. The second kappa shape index (κ2) is 7.06. The summed E-state index contributed by atoms with van der Waals surface area (Å²) in [7, 11) is 0. The SMILES string of the molecule is CCn1c(CNC(=O)C(C)Sc2nnnn2C2CC2)nc2ccccc21. The molecule has 0 saturated heterocycles. The van der Waals surface area contributed by atoms with Gasteiger partial charge in [-0.25, -0.2) is 9.67 Å². The highest BCUT2D eigenvalue weighted by atomic mass is 32.2. The number of hydrogen-bond acceptors (Lipinski definition) is 6. The zero-order valence-corrected chi connectivity index (χ0v) is 15.6. The molecular formula is C17H21N7OS. The number of carbonyl (C=O) groups is 1. The zero-order chi connectivity index (χ0) is 18.1. The molecule has 1 atom stereocenters. The molecule has 1 aromatic carbocycles. The maximum absolute atomic E-state index is 12.5. The first-order chi connectivity index (χ1) is 12.7. The van der Waals surface area contributed by atoms with Gasteiger partial charge in [-0.2, -0.15) is 0 Å². The Balaban J connectivity index is 1.41. The van der Waals surface area contributed by atoms with Gasteiger partial charge in [-0.3, -0.25) is 4.79 Å². The lowest BCUT2D eigenvalue weighted by Gasteiger charge is -2.12. The Morgan fingerprint density at radius 1 is 1.38 bits per heavy atom. The van der Waals surface area contributed by atoms with Crippen LogP contribution >= 0.6 is 11.8 Å². The average Bonchev–Trinajstić information content (AvgIpc) is 3.28. The number of carbonyl (C=O) groups excluding carboxylic acids is 1. The zero-order valence-electron chi connectivity index (χ0n) is 14.8. The first-order valence-corrected chi connectivity index (χ1v) is 9.71. The molecule has 1 fully saturated rings. The lowest BCUT2D eigenvalue weighted by molar-refractivity contribution is -0.120. The maximum Gasteiger partial charge on any atom is 0.233 e. The molecule has 1 unspecified atom stereocenters. The quantitative estimate of drug-likeness (QED) is 0.640. The van der Waals surface area contributed by atoms with Gasteiger partial charge < -0.3 is 9.88 Å². The van der Waals surface area contributed by atoms with E-state index in [1.54, 1.807) is 0 Å². The molecule has 26 heavy (non-hydrogen) atoms. The number of imidazole rings is 1. The van der Waals surface area contributed by atoms with Crippen molar-refractivity contribution < 1.29 is 4.79 Å². The van der Waals surface area contributed by atoms with Crippen molar-refractivity contribution in [2.24, 2.45) is 0 Å². The van der Waals surface area contributed by atoms with Gasteiger partial charge in [0.2, 0.25) is 11.1 Å². The molecule has 1 saturated carbocycles. The summed E-state index contributed by atoms with van der Waals surface area (Å²) in [6.07, 6.45) is 2.21. The molecule has 1 aliphatic rings. The fourth-order valence-electron chi connectivity index (χ4n) is 2.95. The number of hydrogen-bond donors (Lipinski definition) is 1. The molecule has 0 aliphatic heterocycles. The first kappa shape index (κ1) is 17.0. The van der Waals surface area contributed by atoms with E-state index in [-0.39, 0.29) is 11.2 Å². The molecule has 3 aromatic rings. The number of tetrazole rings is 1. The van der Waals surface area contributed by atoms with Crippen molar-refractivity contribution in [2.75, 3.05) is 0 Å². The summed E-state index contributed by atoms with van der Waals surface area (Å²) in [6.45, 7) is 5.16. The van der Waals surface area contributed by atoms with E-state index in [0.29, 0.717) is 17.7 Å². The Morgan fingerprint density at radius 3 is 2.96 bits per heavy atom. The average molecular weight is 371 g/mol. The highest BCUT2D eigenvalue weighted by molar-refractivity contribution is 8.00. The van der Waals surface area contributed by atoms with E-state index in [4.69, 9.17) is 0 Å². The number of amides is 1. The van der Waals surface area contributed by atoms with Gasteiger partial charge >= 0.3 is 0 Å². The molecule has 0 spiro atoms. The third-order valence-electron chi connectivity index (χ3n) is 4.48. The molecular weight excluding hydrogens is 350 g/mol. The van der Waals surface area contributed by atoms with Crippen molar-refractivity contribution in [2.45, 2.75) is 56.2 Å². The number of aromatic nitrogens is 6. The van der Waals surface area contributed by atoms with Crippen LogP contribution in [-0.2, 0) is 17.9 Å². The Hall–Kier alpha value is -2.42. The van der Waals surface area contributed by atoms with Gasteiger partial charge in [0.25, 0.3) is 0 Å². The Labute approximate surface area is 155 Å². The van der Waals surface area contributed by atoms with Gasteiger partial charge in [0, 0.05) is 6.54 Å². The van der Waals surface area contributed by atoms with Crippen LogP contribution in [0.25, 0.3) is 11.0 Å². The predicted octanol–water partition coefficient (Wildman–Crippen LogP) is 2.17. The first-order valence-electron chi connectivity index (χ1n) is 8.83.